The van der Waals surface area contributed by atoms with E-state index in [9.17, 15) is 0 Å². The summed E-state index contributed by atoms with van der Waals surface area (Å²) in [5.74, 6) is 0. The van der Waals surface area contributed by atoms with E-state index in [1.807, 2.05) is 0 Å². The fourth-order valence-corrected chi connectivity index (χ4v) is 2.05. The van der Waals surface area contributed by atoms with Crippen LogP contribution in [0, 0.1) is 0 Å². The van der Waals surface area contributed by atoms with Crippen molar-refractivity contribution in [3.63, 3.8) is 0 Å². The van der Waals surface area contributed by atoms with E-state index >= 15 is 0 Å². The van der Waals surface area contributed by atoms with Crippen LogP contribution in [-0.4, -0.2) is 22.9 Å². The van der Waals surface area contributed by atoms with Crippen molar-refractivity contribution in [1.29, 1.82) is 0 Å². The van der Waals surface area contributed by atoms with Gasteiger partial charge in [0, 0.05) is 18.3 Å². The molecule has 0 spiro atoms. The Morgan fingerprint density at radius 3 is 2.71 bits per heavy atom. The predicted molar refractivity (Wildman–Crippen MR) is 73.3 cm³/mol. The first-order valence-corrected chi connectivity index (χ1v) is 6.92. The molecule has 0 aliphatic rings. The van der Waals surface area contributed by atoms with E-state index in [0.717, 1.165) is 12.8 Å². The largest absolute Gasteiger partial charge is 0.317 e. The third kappa shape index (κ3) is 4.50. The smallest absolute Gasteiger partial charge is 0.0625 e. The first-order valence-electron chi connectivity index (χ1n) is 6.92. The summed E-state index contributed by atoms with van der Waals surface area (Å²) in [4.78, 5) is 0. The fourth-order valence-electron chi connectivity index (χ4n) is 2.05. The van der Waals surface area contributed by atoms with Crippen molar-refractivity contribution in [1.82, 2.24) is 15.1 Å². The van der Waals surface area contributed by atoms with Crippen LogP contribution in [0.15, 0.2) is 12.3 Å². The third-order valence-corrected chi connectivity index (χ3v) is 3.50. The van der Waals surface area contributed by atoms with Crippen LogP contribution in [0.3, 0.4) is 0 Å². The van der Waals surface area contributed by atoms with Crippen LogP contribution in [0.5, 0.6) is 0 Å². The predicted octanol–water partition coefficient (Wildman–Crippen LogP) is 3.17. The minimum atomic E-state index is 0.513. The van der Waals surface area contributed by atoms with Gasteiger partial charge in [0.05, 0.1) is 5.69 Å². The molecular weight excluding hydrogens is 210 g/mol. The average Bonchev–Trinajstić information content (AvgIpc) is 2.82. The zero-order valence-electron chi connectivity index (χ0n) is 11.7. The number of nitrogens with zero attached hydrogens (tertiary/aromatic N) is 2. The highest BCUT2D eigenvalue weighted by molar-refractivity contribution is 5.00. The third-order valence-electron chi connectivity index (χ3n) is 3.50. The van der Waals surface area contributed by atoms with E-state index in [2.05, 4.69) is 55.2 Å². The van der Waals surface area contributed by atoms with Crippen LogP contribution < -0.4 is 5.32 Å². The van der Waals surface area contributed by atoms with Gasteiger partial charge in [-0.2, -0.15) is 5.10 Å². The van der Waals surface area contributed by atoms with Gasteiger partial charge in [-0.15, -0.1) is 0 Å². The summed E-state index contributed by atoms with van der Waals surface area (Å²) in [6.45, 7) is 6.65. The Balaban J connectivity index is 2.43. The second-order valence-corrected chi connectivity index (χ2v) is 4.86. The zero-order valence-corrected chi connectivity index (χ0v) is 11.7. The molecule has 1 N–H and O–H groups in total. The topological polar surface area (TPSA) is 29.9 Å². The summed E-state index contributed by atoms with van der Waals surface area (Å²) in [5.41, 5.74) is 1.22. The van der Waals surface area contributed by atoms with Gasteiger partial charge in [0.2, 0.25) is 0 Å². The summed E-state index contributed by atoms with van der Waals surface area (Å²) in [5, 5.41) is 8.02. The normalized spacial score (nSPS) is 14.8. The molecule has 3 heteroatoms. The van der Waals surface area contributed by atoms with Crippen LogP contribution in [0.1, 0.15) is 58.2 Å². The van der Waals surface area contributed by atoms with Crippen molar-refractivity contribution in [2.45, 2.75) is 65.0 Å². The molecule has 2 atom stereocenters. The second-order valence-electron chi connectivity index (χ2n) is 4.86. The first-order chi connectivity index (χ1) is 8.21. The molecule has 17 heavy (non-hydrogen) atoms. The highest BCUT2D eigenvalue weighted by Gasteiger charge is 2.08. The Morgan fingerprint density at radius 2 is 2.12 bits per heavy atom. The second kappa shape index (κ2) is 7.49. The summed E-state index contributed by atoms with van der Waals surface area (Å²) < 4.78 is 2.09. The molecular formula is C14H27N3. The minimum Gasteiger partial charge on any atom is -0.317 e. The molecule has 0 saturated carbocycles. The molecule has 0 aliphatic carbocycles. The number of aromatic nitrogens is 2. The lowest BCUT2D eigenvalue weighted by atomic mass is 10.1. The van der Waals surface area contributed by atoms with Crippen molar-refractivity contribution in [3.8, 4) is 0 Å². The van der Waals surface area contributed by atoms with Crippen LogP contribution in [0.4, 0.5) is 0 Å². The average molecular weight is 237 g/mol. The molecule has 0 saturated heterocycles. The Hall–Kier alpha value is -0.830. The van der Waals surface area contributed by atoms with Crippen LogP contribution in [0.25, 0.3) is 0 Å². The van der Waals surface area contributed by atoms with E-state index in [1.165, 1.54) is 25.0 Å². The maximum absolute atomic E-state index is 4.64. The van der Waals surface area contributed by atoms with Crippen molar-refractivity contribution < 1.29 is 0 Å². The first kappa shape index (κ1) is 14.2. The van der Waals surface area contributed by atoms with E-state index < -0.39 is 0 Å². The zero-order chi connectivity index (χ0) is 12.7. The van der Waals surface area contributed by atoms with E-state index in [1.54, 1.807) is 0 Å². The maximum atomic E-state index is 4.64. The lowest BCUT2D eigenvalue weighted by Gasteiger charge is -2.14. The summed E-state index contributed by atoms with van der Waals surface area (Å²) in [6.07, 6.45) is 8.00. The van der Waals surface area contributed by atoms with Crippen LogP contribution in [0.2, 0.25) is 0 Å². The van der Waals surface area contributed by atoms with Gasteiger partial charge in [0.25, 0.3) is 0 Å². The molecule has 1 rings (SSSR count). The highest BCUT2D eigenvalue weighted by atomic mass is 15.3. The van der Waals surface area contributed by atoms with Crippen LogP contribution in [-0.2, 0) is 6.42 Å². The van der Waals surface area contributed by atoms with Crippen molar-refractivity contribution in [3.05, 3.63) is 18.0 Å². The molecule has 1 heterocycles. The maximum Gasteiger partial charge on any atom is 0.0625 e. The van der Waals surface area contributed by atoms with Gasteiger partial charge in [-0.25, -0.2) is 0 Å². The van der Waals surface area contributed by atoms with E-state index in [0.29, 0.717) is 12.1 Å². The molecule has 98 valence electrons. The van der Waals surface area contributed by atoms with Gasteiger partial charge >= 0.3 is 0 Å². The number of rotatable bonds is 8. The number of hydrogen-bond donors (Lipinski definition) is 1. The number of hydrogen-bond acceptors (Lipinski definition) is 2. The quantitative estimate of drug-likeness (QED) is 0.752. The Morgan fingerprint density at radius 1 is 1.35 bits per heavy atom. The summed E-state index contributed by atoms with van der Waals surface area (Å²) in [7, 11) is 2.05. The molecule has 2 unspecified atom stereocenters. The van der Waals surface area contributed by atoms with Crippen molar-refractivity contribution >= 4 is 0 Å². The lowest BCUT2D eigenvalue weighted by Crippen LogP contribution is -2.25. The molecule has 1 aromatic heterocycles. The Labute approximate surface area is 106 Å². The molecule has 3 nitrogen and oxygen atoms in total. The highest BCUT2D eigenvalue weighted by Crippen LogP contribution is 2.11. The number of aryl methyl sites for hydroxylation is 1. The summed E-state index contributed by atoms with van der Waals surface area (Å²) in [6, 6.07) is 3.30. The van der Waals surface area contributed by atoms with Crippen LogP contribution >= 0.6 is 0 Å². The number of nitrogens with one attached hydrogen (secondary N) is 1. The molecule has 0 amide bonds. The fraction of sp³-hybridized carbons (Fsp3) is 0.786. The van der Waals surface area contributed by atoms with Gasteiger partial charge in [0.15, 0.2) is 0 Å². The molecule has 0 aromatic carbocycles. The van der Waals surface area contributed by atoms with Crippen molar-refractivity contribution in [2.75, 3.05) is 7.05 Å². The Kier molecular flexibility index (Phi) is 6.27. The molecule has 1 aromatic rings. The van der Waals surface area contributed by atoms with Gasteiger partial charge in [-0.1, -0.05) is 20.3 Å². The lowest BCUT2D eigenvalue weighted by molar-refractivity contribution is 0.461. The standard InChI is InChI=1S/C14H27N3/c1-5-7-13(15-4)8-9-14-10-11-17(16-14)12(3)6-2/h10-13,15H,5-9H2,1-4H3. The minimum absolute atomic E-state index is 0.513. The molecule has 0 aliphatic heterocycles. The molecule has 0 bridgehead atoms. The Bertz CT molecular complexity index is 306. The van der Waals surface area contributed by atoms with Gasteiger partial charge in [0.1, 0.15) is 0 Å². The van der Waals surface area contributed by atoms with Gasteiger partial charge in [-0.05, 0) is 45.7 Å². The van der Waals surface area contributed by atoms with Crippen molar-refractivity contribution in [2.24, 2.45) is 0 Å². The SMILES string of the molecule is CCCC(CCc1ccn(C(C)CC)n1)NC. The molecule has 0 fully saturated rings. The molecule has 0 radical (unpaired) electrons. The van der Waals surface area contributed by atoms with E-state index in [4.69, 9.17) is 0 Å². The van der Waals surface area contributed by atoms with E-state index in [-0.39, 0.29) is 0 Å². The summed E-state index contributed by atoms with van der Waals surface area (Å²) >= 11 is 0. The monoisotopic (exact) mass is 237 g/mol. The van der Waals surface area contributed by atoms with Gasteiger partial charge in [-0.3, -0.25) is 4.68 Å². The van der Waals surface area contributed by atoms with Gasteiger partial charge < -0.3 is 5.32 Å².